The smallest absolute Gasteiger partial charge is 0.270 e. The molecule has 2 N–H and O–H groups in total. The van der Waals surface area contributed by atoms with Gasteiger partial charge >= 0.3 is 0 Å². The van der Waals surface area contributed by atoms with Crippen LogP contribution in [0.15, 0.2) is 58.7 Å². The summed E-state index contributed by atoms with van der Waals surface area (Å²) in [5, 5.41) is 9.37. The molecule has 4 heterocycles. The molecule has 0 saturated heterocycles. The average Bonchev–Trinajstić information content (AvgIpc) is 3.48. The molecule has 0 bridgehead atoms. The number of hydrogen-bond acceptors (Lipinski definition) is 7. The summed E-state index contributed by atoms with van der Waals surface area (Å²) in [5.41, 5.74) is 0.971. The van der Waals surface area contributed by atoms with Crippen molar-refractivity contribution in [3.8, 4) is 28.0 Å². The van der Waals surface area contributed by atoms with Crippen molar-refractivity contribution < 1.29 is 14.3 Å². The van der Waals surface area contributed by atoms with Gasteiger partial charge in [-0.05, 0) is 30.0 Å². The fraction of sp³-hybridized carbons (Fsp3) is 0.182. The number of para-hydroxylation sites is 2. The Labute approximate surface area is 186 Å². The first kappa shape index (κ1) is 20.0. The standard InChI is InChI=1S/C22H19N5O4S/c1-2-13-10-20(28)25-22(23-13)27-19(11-14(26-27)18-8-5-9-32-18)24-21(29)17-12-30-15-6-3-4-7-16(15)31-17/h3-11,17H,2,12H2,1H3,(H,24,29)(H,23,25,28). The molecule has 1 aliphatic heterocycles. The van der Waals surface area contributed by atoms with Gasteiger partial charge in [-0.25, -0.2) is 4.98 Å². The minimum Gasteiger partial charge on any atom is -0.485 e. The molecule has 0 saturated carbocycles. The van der Waals surface area contributed by atoms with Crippen LogP contribution >= 0.6 is 11.3 Å². The molecular formula is C22H19N5O4S. The second-order valence-electron chi connectivity index (χ2n) is 7.07. The summed E-state index contributed by atoms with van der Waals surface area (Å²) in [7, 11) is 0. The van der Waals surface area contributed by atoms with Gasteiger partial charge in [0.2, 0.25) is 12.1 Å². The topological polar surface area (TPSA) is 111 Å². The van der Waals surface area contributed by atoms with Crippen LogP contribution in [0.2, 0.25) is 0 Å². The highest BCUT2D eigenvalue weighted by Gasteiger charge is 2.28. The number of nitrogens with zero attached hydrogens (tertiary/aromatic N) is 3. The van der Waals surface area contributed by atoms with E-state index in [2.05, 4.69) is 20.4 Å². The number of nitrogens with one attached hydrogen (secondary N) is 2. The molecule has 162 valence electrons. The number of anilines is 1. The minimum absolute atomic E-state index is 0.0785. The lowest BCUT2D eigenvalue weighted by atomic mass is 10.2. The van der Waals surface area contributed by atoms with E-state index in [9.17, 15) is 9.59 Å². The summed E-state index contributed by atoms with van der Waals surface area (Å²) in [6.07, 6.45) is -0.253. The summed E-state index contributed by atoms with van der Waals surface area (Å²) in [6, 6.07) is 14.2. The van der Waals surface area contributed by atoms with Gasteiger partial charge in [0.25, 0.3) is 11.5 Å². The second-order valence-corrected chi connectivity index (χ2v) is 8.02. The molecule has 9 nitrogen and oxygen atoms in total. The highest BCUT2D eigenvalue weighted by atomic mass is 32.1. The number of H-pyrrole nitrogens is 1. The molecule has 0 fully saturated rings. The van der Waals surface area contributed by atoms with Crippen LogP contribution < -0.4 is 20.3 Å². The van der Waals surface area contributed by atoms with Crippen molar-refractivity contribution >= 4 is 23.1 Å². The Morgan fingerprint density at radius 2 is 2.09 bits per heavy atom. The van der Waals surface area contributed by atoms with Gasteiger partial charge in [-0.15, -0.1) is 11.3 Å². The van der Waals surface area contributed by atoms with Crippen LogP contribution in [0.3, 0.4) is 0 Å². The first-order valence-electron chi connectivity index (χ1n) is 10.0. The van der Waals surface area contributed by atoms with Gasteiger partial charge in [0, 0.05) is 17.8 Å². The number of rotatable bonds is 5. The molecule has 0 spiro atoms. The van der Waals surface area contributed by atoms with Crippen LogP contribution in [-0.2, 0) is 11.2 Å². The highest BCUT2D eigenvalue weighted by molar-refractivity contribution is 7.13. The lowest BCUT2D eigenvalue weighted by Crippen LogP contribution is -2.40. The average molecular weight is 449 g/mol. The number of thiophene rings is 1. The molecule has 1 unspecified atom stereocenters. The Morgan fingerprint density at radius 3 is 2.88 bits per heavy atom. The Morgan fingerprint density at radius 1 is 1.25 bits per heavy atom. The van der Waals surface area contributed by atoms with Crippen LogP contribution in [-0.4, -0.2) is 38.4 Å². The van der Waals surface area contributed by atoms with Crippen molar-refractivity contribution in [3.05, 3.63) is 70.0 Å². The van der Waals surface area contributed by atoms with E-state index in [0.717, 1.165) is 4.88 Å². The van der Waals surface area contributed by atoms with Crippen molar-refractivity contribution in [1.82, 2.24) is 19.7 Å². The number of benzene rings is 1. The first-order valence-corrected chi connectivity index (χ1v) is 10.9. The van der Waals surface area contributed by atoms with Gasteiger partial charge < -0.3 is 14.8 Å². The molecule has 0 radical (unpaired) electrons. The Hall–Kier alpha value is -3.92. The zero-order valence-electron chi connectivity index (χ0n) is 17.1. The Balaban J connectivity index is 1.48. The summed E-state index contributed by atoms with van der Waals surface area (Å²) in [6.45, 7) is 1.99. The number of carbonyl (C=O) groups excluding carboxylic acids is 1. The van der Waals surface area contributed by atoms with Crippen molar-refractivity contribution in [3.63, 3.8) is 0 Å². The SMILES string of the molecule is CCc1cc(=O)[nH]c(-n2nc(-c3cccs3)cc2NC(=O)C2COc3ccccc3O2)n1. The van der Waals surface area contributed by atoms with Crippen molar-refractivity contribution in [1.29, 1.82) is 0 Å². The van der Waals surface area contributed by atoms with E-state index in [0.29, 0.717) is 35.1 Å². The van der Waals surface area contributed by atoms with E-state index < -0.39 is 12.0 Å². The molecule has 3 aromatic heterocycles. The fourth-order valence-corrected chi connectivity index (χ4v) is 3.99. The van der Waals surface area contributed by atoms with Gasteiger partial charge in [0.05, 0.1) is 4.88 Å². The van der Waals surface area contributed by atoms with Crippen LogP contribution in [0.25, 0.3) is 16.5 Å². The van der Waals surface area contributed by atoms with Crippen LogP contribution in [0.1, 0.15) is 12.6 Å². The third-order valence-corrected chi connectivity index (χ3v) is 5.77. The molecule has 1 amide bonds. The zero-order valence-corrected chi connectivity index (χ0v) is 17.9. The van der Waals surface area contributed by atoms with Crippen LogP contribution in [0, 0.1) is 0 Å². The molecule has 1 atom stereocenters. The van der Waals surface area contributed by atoms with E-state index in [1.54, 1.807) is 18.2 Å². The van der Waals surface area contributed by atoms with Crippen LogP contribution in [0.5, 0.6) is 11.5 Å². The normalized spacial score (nSPS) is 14.8. The van der Waals surface area contributed by atoms with Crippen molar-refractivity contribution in [2.45, 2.75) is 19.4 Å². The van der Waals surface area contributed by atoms with E-state index in [4.69, 9.17) is 9.47 Å². The number of aryl methyl sites for hydroxylation is 1. The number of aromatic nitrogens is 4. The zero-order chi connectivity index (χ0) is 22.1. The number of amides is 1. The highest BCUT2D eigenvalue weighted by Crippen LogP contribution is 2.32. The predicted octanol–water partition coefficient (Wildman–Crippen LogP) is 3.03. The lowest BCUT2D eigenvalue weighted by Gasteiger charge is -2.25. The minimum atomic E-state index is -0.840. The van der Waals surface area contributed by atoms with E-state index in [-0.39, 0.29) is 18.1 Å². The maximum Gasteiger partial charge on any atom is 0.270 e. The summed E-state index contributed by atoms with van der Waals surface area (Å²) in [5.74, 6) is 1.29. The van der Waals surface area contributed by atoms with Gasteiger partial charge in [0.15, 0.2) is 11.5 Å². The molecular weight excluding hydrogens is 430 g/mol. The second kappa shape index (κ2) is 8.31. The molecule has 1 aliphatic rings. The molecule has 1 aromatic carbocycles. The third kappa shape index (κ3) is 3.87. The first-order chi connectivity index (χ1) is 15.6. The molecule has 0 aliphatic carbocycles. The molecule has 32 heavy (non-hydrogen) atoms. The quantitative estimate of drug-likeness (QED) is 0.485. The van der Waals surface area contributed by atoms with E-state index in [1.165, 1.54) is 22.1 Å². The fourth-order valence-electron chi connectivity index (χ4n) is 3.31. The maximum atomic E-state index is 13.0. The van der Waals surface area contributed by atoms with Crippen molar-refractivity contribution in [2.75, 3.05) is 11.9 Å². The largest absolute Gasteiger partial charge is 0.485 e. The van der Waals surface area contributed by atoms with Gasteiger partial charge in [-0.3, -0.25) is 14.6 Å². The van der Waals surface area contributed by atoms with Gasteiger partial charge in [0.1, 0.15) is 18.1 Å². The summed E-state index contributed by atoms with van der Waals surface area (Å²) < 4.78 is 12.9. The van der Waals surface area contributed by atoms with Gasteiger partial charge in [-0.2, -0.15) is 9.78 Å². The van der Waals surface area contributed by atoms with Crippen molar-refractivity contribution in [2.24, 2.45) is 0 Å². The van der Waals surface area contributed by atoms with E-state index >= 15 is 0 Å². The predicted molar refractivity (Wildman–Crippen MR) is 120 cm³/mol. The molecule has 10 heteroatoms. The number of hydrogen-bond donors (Lipinski definition) is 2. The van der Waals surface area contributed by atoms with E-state index in [1.807, 2.05) is 36.6 Å². The lowest BCUT2D eigenvalue weighted by molar-refractivity contribution is -0.125. The Kier molecular flexibility index (Phi) is 5.20. The summed E-state index contributed by atoms with van der Waals surface area (Å²) >= 11 is 1.52. The maximum absolute atomic E-state index is 13.0. The number of aromatic amines is 1. The van der Waals surface area contributed by atoms with Gasteiger partial charge in [-0.1, -0.05) is 25.1 Å². The van der Waals surface area contributed by atoms with Crippen LogP contribution in [0.4, 0.5) is 5.82 Å². The summed E-state index contributed by atoms with van der Waals surface area (Å²) in [4.78, 5) is 33.2. The Bertz CT molecular complexity index is 1330. The molecule has 5 rings (SSSR count). The molecule has 4 aromatic rings. The number of fused-ring (bicyclic) bond motifs is 1. The number of ether oxygens (including phenoxy) is 2. The third-order valence-electron chi connectivity index (χ3n) is 4.88. The monoisotopic (exact) mass is 449 g/mol. The number of carbonyl (C=O) groups is 1.